The van der Waals surface area contributed by atoms with E-state index >= 15 is 0 Å². The van der Waals surface area contributed by atoms with Gasteiger partial charge in [-0.05, 0) is 41.1 Å². The highest BCUT2D eigenvalue weighted by Gasteiger charge is 2.17. The summed E-state index contributed by atoms with van der Waals surface area (Å²) in [7, 11) is 0. The first-order valence-corrected chi connectivity index (χ1v) is 6.85. The fraction of sp³-hybridized carbons (Fsp3) is 0.231. The van der Waals surface area contributed by atoms with Gasteiger partial charge in [-0.2, -0.15) is 0 Å². The number of imidazole rings is 1. The first-order valence-electron chi connectivity index (χ1n) is 5.77. The standard InChI is InChI=1S/C13H14IN3O/c1-2-11(12-15-7-8-16-12)17-13(18)9-5-3-4-6-10(9)14/h3-8,11H,2H2,1H3,(H,15,16)(H,17,18). The first kappa shape index (κ1) is 13.1. The lowest BCUT2D eigenvalue weighted by atomic mass is 10.1. The molecule has 5 heteroatoms. The van der Waals surface area contributed by atoms with E-state index in [-0.39, 0.29) is 11.9 Å². The fourth-order valence-corrected chi connectivity index (χ4v) is 2.35. The number of halogens is 1. The third-order valence-corrected chi connectivity index (χ3v) is 3.62. The maximum absolute atomic E-state index is 12.2. The van der Waals surface area contributed by atoms with E-state index in [0.29, 0.717) is 5.56 Å². The Morgan fingerprint density at radius 2 is 2.28 bits per heavy atom. The van der Waals surface area contributed by atoms with Crippen molar-refractivity contribution >= 4 is 28.5 Å². The van der Waals surface area contributed by atoms with Crippen molar-refractivity contribution in [1.82, 2.24) is 15.3 Å². The molecule has 18 heavy (non-hydrogen) atoms. The van der Waals surface area contributed by atoms with E-state index in [1.807, 2.05) is 31.2 Å². The van der Waals surface area contributed by atoms with Crippen LogP contribution in [0.15, 0.2) is 36.7 Å². The molecule has 0 aliphatic carbocycles. The maximum atomic E-state index is 12.2. The summed E-state index contributed by atoms with van der Waals surface area (Å²) in [5.41, 5.74) is 0.697. The minimum absolute atomic E-state index is 0.0664. The number of nitrogens with one attached hydrogen (secondary N) is 2. The van der Waals surface area contributed by atoms with Gasteiger partial charge < -0.3 is 10.3 Å². The predicted octanol–water partition coefficient (Wildman–Crippen LogP) is 2.90. The van der Waals surface area contributed by atoms with Crippen LogP contribution in [0.2, 0.25) is 0 Å². The molecule has 1 heterocycles. The van der Waals surface area contributed by atoms with Crippen molar-refractivity contribution in [2.75, 3.05) is 0 Å². The molecule has 0 bridgehead atoms. The van der Waals surface area contributed by atoms with Crippen molar-refractivity contribution < 1.29 is 4.79 Å². The summed E-state index contributed by atoms with van der Waals surface area (Å²) in [5.74, 6) is 0.722. The number of H-pyrrole nitrogens is 1. The van der Waals surface area contributed by atoms with Crippen LogP contribution in [0.25, 0.3) is 0 Å². The molecule has 0 saturated carbocycles. The first-order chi connectivity index (χ1) is 8.72. The molecule has 1 amide bonds. The van der Waals surface area contributed by atoms with Crippen molar-refractivity contribution in [3.8, 4) is 0 Å². The van der Waals surface area contributed by atoms with Gasteiger partial charge in [-0.1, -0.05) is 19.1 Å². The Labute approximate surface area is 119 Å². The molecule has 2 aromatic rings. The zero-order valence-corrected chi connectivity index (χ0v) is 12.1. The van der Waals surface area contributed by atoms with Crippen LogP contribution >= 0.6 is 22.6 Å². The van der Waals surface area contributed by atoms with Crippen molar-refractivity contribution in [3.63, 3.8) is 0 Å². The van der Waals surface area contributed by atoms with E-state index in [9.17, 15) is 4.79 Å². The summed E-state index contributed by atoms with van der Waals surface area (Å²) in [6, 6.07) is 7.45. The zero-order valence-electron chi connectivity index (χ0n) is 9.98. The average Bonchev–Trinajstić information content (AvgIpc) is 2.90. The Hall–Kier alpha value is -1.37. The lowest BCUT2D eigenvalue weighted by molar-refractivity contribution is 0.0933. The maximum Gasteiger partial charge on any atom is 0.252 e. The largest absolute Gasteiger partial charge is 0.347 e. The molecule has 2 N–H and O–H groups in total. The molecule has 1 atom stereocenters. The monoisotopic (exact) mass is 355 g/mol. The lowest BCUT2D eigenvalue weighted by Crippen LogP contribution is -2.29. The zero-order chi connectivity index (χ0) is 13.0. The molecule has 0 spiro atoms. The SMILES string of the molecule is CCC(NC(=O)c1ccccc1I)c1ncc[nH]1. The second-order valence-corrected chi connectivity index (χ2v) is 5.05. The summed E-state index contributed by atoms with van der Waals surface area (Å²) < 4.78 is 0.946. The Kier molecular flexibility index (Phi) is 4.35. The molecule has 1 aromatic heterocycles. The molecule has 0 fully saturated rings. The van der Waals surface area contributed by atoms with Crippen LogP contribution in [-0.2, 0) is 0 Å². The van der Waals surface area contributed by atoms with Crippen LogP contribution in [0.1, 0.15) is 35.6 Å². The molecular weight excluding hydrogens is 341 g/mol. The van der Waals surface area contributed by atoms with Crippen LogP contribution in [0, 0.1) is 3.57 Å². The van der Waals surface area contributed by atoms with E-state index in [4.69, 9.17) is 0 Å². The van der Waals surface area contributed by atoms with Gasteiger partial charge in [0.2, 0.25) is 0 Å². The van der Waals surface area contributed by atoms with Gasteiger partial charge in [0.05, 0.1) is 11.6 Å². The molecule has 2 rings (SSSR count). The van der Waals surface area contributed by atoms with Gasteiger partial charge in [0, 0.05) is 16.0 Å². The summed E-state index contributed by atoms with van der Waals surface area (Å²) >= 11 is 2.16. The third-order valence-electron chi connectivity index (χ3n) is 2.68. The van der Waals surface area contributed by atoms with Gasteiger partial charge in [0.25, 0.3) is 5.91 Å². The van der Waals surface area contributed by atoms with E-state index in [2.05, 4.69) is 37.9 Å². The predicted molar refractivity (Wildman–Crippen MR) is 78.2 cm³/mol. The average molecular weight is 355 g/mol. The summed E-state index contributed by atoms with van der Waals surface area (Å²) in [6.45, 7) is 2.02. The highest BCUT2D eigenvalue weighted by molar-refractivity contribution is 14.1. The Morgan fingerprint density at radius 3 is 2.89 bits per heavy atom. The summed E-state index contributed by atoms with van der Waals surface area (Å²) in [4.78, 5) is 19.4. The van der Waals surface area contributed by atoms with Crippen molar-refractivity contribution in [2.45, 2.75) is 19.4 Å². The molecule has 4 nitrogen and oxygen atoms in total. The Morgan fingerprint density at radius 1 is 1.50 bits per heavy atom. The van der Waals surface area contributed by atoms with Gasteiger partial charge in [0.1, 0.15) is 5.82 Å². The molecule has 0 saturated heterocycles. The van der Waals surface area contributed by atoms with Crippen LogP contribution < -0.4 is 5.32 Å². The highest BCUT2D eigenvalue weighted by Crippen LogP contribution is 2.15. The van der Waals surface area contributed by atoms with E-state index < -0.39 is 0 Å². The van der Waals surface area contributed by atoms with Crippen molar-refractivity contribution in [1.29, 1.82) is 0 Å². The summed E-state index contributed by atoms with van der Waals surface area (Å²) in [5, 5.41) is 2.99. The van der Waals surface area contributed by atoms with Gasteiger partial charge in [-0.25, -0.2) is 4.98 Å². The third kappa shape index (κ3) is 2.90. The number of hydrogen-bond acceptors (Lipinski definition) is 2. The smallest absolute Gasteiger partial charge is 0.252 e. The number of hydrogen-bond donors (Lipinski definition) is 2. The number of carbonyl (C=O) groups is 1. The molecule has 94 valence electrons. The van der Waals surface area contributed by atoms with Crippen LogP contribution in [-0.4, -0.2) is 15.9 Å². The van der Waals surface area contributed by atoms with Crippen LogP contribution in [0.4, 0.5) is 0 Å². The molecule has 1 aromatic carbocycles. The number of nitrogens with zero attached hydrogens (tertiary/aromatic N) is 1. The van der Waals surface area contributed by atoms with Gasteiger partial charge in [-0.15, -0.1) is 0 Å². The normalized spacial score (nSPS) is 12.1. The fourth-order valence-electron chi connectivity index (χ4n) is 1.71. The second kappa shape index (κ2) is 5.99. The van der Waals surface area contributed by atoms with Gasteiger partial charge in [-0.3, -0.25) is 4.79 Å². The number of amides is 1. The quantitative estimate of drug-likeness (QED) is 0.829. The highest BCUT2D eigenvalue weighted by atomic mass is 127. The second-order valence-electron chi connectivity index (χ2n) is 3.89. The van der Waals surface area contributed by atoms with Crippen LogP contribution in [0.3, 0.4) is 0 Å². The molecule has 1 unspecified atom stereocenters. The number of carbonyl (C=O) groups excluding carboxylic acids is 1. The van der Waals surface area contributed by atoms with Gasteiger partial charge in [0.15, 0.2) is 0 Å². The number of benzene rings is 1. The molecular formula is C13H14IN3O. The minimum atomic E-state index is -0.0801. The van der Waals surface area contributed by atoms with Crippen molar-refractivity contribution in [3.05, 3.63) is 51.6 Å². The number of aromatic nitrogens is 2. The molecule has 0 aliphatic rings. The Balaban J connectivity index is 2.14. The van der Waals surface area contributed by atoms with E-state index in [0.717, 1.165) is 15.8 Å². The minimum Gasteiger partial charge on any atom is -0.347 e. The van der Waals surface area contributed by atoms with E-state index in [1.54, 1.807) is 12.4 Å². The van der Waals surface area contributed by atoms with Gasteiger partial charge >= 0.3 is 0 Å². The topological polar surface area (TPSA) is 57.8 Å². The molecule has 0 aliphatic heterocycles. The molecule has 0 radical (unpaired) electrons. The lowest BCUT2D eigenvalue weighted by Gasteiger charge is -2.15. The van der Waals surface area contributed by atoms with Crippen LogP contribution in [0.5, 0.6) is 0 Å². The van der Waals surface area contributed by atoms with Crippen molar-refractivity contribution in [2.24, 2.45) is 0 Å². The number of rotatable bonds is 4. The van der Waals surface area contributed by atoms with E-state index in [1.165, 1.54) is 0 Å². The number of aromatic amines is 1. The summed E-state index contributed by atoms with van der Waals surface area (Å²) in [6.07, 6.45) is 4.25. The Bertz CT molecular complexity index is 525.